The van der Waals surface area contributed by atoms with Crippen LogP contribution in [0.25, 0.3) is 22.0 Å². The Morgan fingerprint density at radius 3 is 2.76 bits per heavy atom. The van der Waals surface area contributed by atoms with Gasteiger partial charge in [0, 0.05) is 41.1 Å². The van der Waals surface area contributed by atoms with Crippen molar-refractivity contribution in [3.63, 3.8) is 0 Å². The number of carbonyl (C=O) groups excluding carboxylic acids is 1. The van der Waals surface area contributed by atoms with E-state index in [0.29, 0.717) is 41.8 Å². The largest absolute Gasteiger partial charge is 0.454 e. The number of nitrogens with one attached hydrogen (secondary N) is 2. The minimum absolute atomic E-state index is 0.0242. The van der Waals surface area contributed by atoms with Crippen LogP contribution in [0, 0.1) is 5.92 Å². The van der Waals surface area contributed by atoms with Crippen molar-refractivity contribution in [2.45, 2.75) is 19.4 Å². The van der Waals surface area contributed by atoms with Crippen LogP contribution in [-0.2, 0) is 11.3 Å². The van der Waals surface area contributed by atoms with Crippen LogP contribution in [0.5, 0.6) is 11.5 Å². The second-order valence-corrected chi connectivity index (χ2v) is 9.86. The Kier molecular flexibility index (Phi) is 6.22. The Morgan fingerprint density at radius 1 is 1.05 bits per heavy atom. The van der Waals surface area contributed by atoms with Gasteiger partial charge in [-0.2, -0.15) is 0 Å². The number of ether oxygens (including phenoxy) is 2. The third-order valence-corrected chi connectivity index (χ3v) is 7.26. The molecular weight excluding hydrogens is 490 g/mol. The third-order valence-electron chi connectivity index (χ3n) is 7.03. The molecule has 6 rings (SSSR count). The Morgan fingerprint density at radius 2 is 1.89 bits per heavy atom. The van der Waals surface area contributed by atoms with Crippen molar-refractivity contribution in [1.29, 1.82) is 0 Å². The number of hydrogen-bond acceptors (Lipinski definition) is 5. The van der Waals surface area contributed by atoms with E-state index in [2.05, 4.69) is 15.2 Å². The molecule has 1 amide bonds. The van der Waals surface area contributed by atoms with Gasteiger partial charge >= 0.3 is 0 Å². The van der Waals surface area contributed by atoms with E-state index >= 15 is 0 Å². The fourth-order valence-corrected chi connectivity index (χ4v) is 5.40. The summed E-state index contributed by atoms with van der Waals surface area (Å²) in [6.07, 6.45) is 1.57. The first kappa shape index (κ1) is 23.4. The highest BCUT2D eigenvalue weighted by Crippen LogP contribution is 2.37. The van der Waals surface area contributed by atoms with E-state index in [9.17, 15) is 9.59 Å². The van der Waals surface area contributed by atoms with Gasteiger partial charge in [-0.25, -0.2) is 0 Å². The van der Waals surface area contributed by atoms with Gasteiger partial charge in [0.15, 0.2) is 11.5 Å². The quantitative estimate of drug-likeness (QED) is 0.386. The van der Waals surface area contributed by atoms with Crippen LogP contribution in [0.4, 0.5) is 5.69 Å². The van der Waals surface area contributed by atoms with Crippen LogP contribution in [0.1, 0.15) is 18.4 Å². The molecule has 0 spiro atoms. The molecular formula is C29H26ClN3O4. The number of anilines is 1. The average molecular weight is 516 g/mol. The average Bonchev–Trinajstić information content (AvgIpc) is 3.40. The Labute approximate surface area is 219 Å². The van der Waals surface area contributed by atoms with Gasteiger partial charge in [0.05, 0.1) is 5.92 Å². The molecule has 1 fully saturated rings. The molecule has 2 aliphatic rings. The molecule has 7 nitrogen and oxygen atoms in total. The molecule has 37 heavy (non-hydrogen) atoms. The number of aromatic amines is 1. The number of hydrogen-bond donors (Lipinski definition) is 2. The van der Waals surface area contributed by atoms with Gasteiger partial charge in [-0.3, -0.25) is 9.59 Å². The fraction of sp³-hybridized carbons (Fsp3) is 0.241. The second kappa shape index (κ2) is 9.82. The zero-order valence-corrected chi connectivity index (χ0v) is 20.9. The molecule has 0 aliphatic carbocycles. The summed E-state index contributed by atoms with van der Waals surface area (Å²) in [6, 6.07) is 21.0. The zero-order chi connectivity index (χ0) is 25.4. The Balaban J connectivity index is 1.28. The number of aromatic nitrogens is 1. The molecule has 2 aliphatic heterocycles. The van der Waals surface area contributed by atoms with Gasteiger partial charge in [0.1, 0.15) is 5.69 Å². The van der Waals surface area contributed by atoms with E-state index in [4.69, 9.17) is 21.1 Å². The highest BCUT2D eigenvalue weighted by molar-refractivity contribution is 6.31. The lowest BCUT2D eigenvalue weighted by Gasteiger charge is -2.34. The van der Waals surface area contributed by atoms with Gasteiger partial charge < -0.3 is 24.7 Å². The maximum atomic E-state index is 13.4. The van der Waals surface area contributed by atoms with E-state index in [0.717, 1.165) is 40.4 Å². The SMILES string of the molecule is O=C(NCc1ccc2c(c1)OCO2)[C@H]1CCCN(c2c(-c3ccccc3)c3cc(Cl)ccc3[nH]c2=O)C1. The molecule has 1 atom stereocenters. The number of H-pyrrole nitrogens is 1. The maximum absolute atomic E-state index is 13.4. The highest BCUT2D eigenvalue weighted by Gasteiger charge is 2.29. The van der Waals surface area contributed by atoms with Crippen molar-refractivity contribution < 1.29 is 14.3 Å². The first-order chi connectivity index (χ1) is 18.1. The number of nitrogens with zero attached hydrogens (tertiary/aromatic N) is 1. The minimum atomic E-state index is -0.235. The summed E-state index contributed by atoms with van der Waals surface area (Å²) in [5, 5.41) is 4.54. The Hall–Kier alpha value is -3.97. The first-order valence-electron chi connectivity index (χ1n) is 12.4. The molecule has 0 bridgehead atoms. The van der Waals surface area contributed by atoms with Crippen molar-refractivity contribution in [3.05, 3.63) is 87.7 Å². The number of carbonyl (C=O) groups is 1. The number of benzene rings is 3. The Bertz CT molecular complexity index is 1540. The summed E-state index contributed by atoms with van der Waals surface area (Å²) >= 11 is 6.36. The molecule has 8 heteroatoms. The lowest BCUT2D eigenvalue weighted by Crippen LogP contribution is -2.44. The van der Waals surface area contributed by atoms with E-state index in [1.165, 1.54) is 0 Å². The molecule has 188 valence electrons. The fourth-order valence-electron chi connectivity index (χ4n) is 5.23. The lowest BCUT2D eigenvalue weighted by molar-refractivity contribution is -0.125. The number of rotatable bonds is 5. The lowest BCUT2D eigenvalue weighted by atomic mass is 9.94. The van der Waals surface area contributed by atoms with Gasteiger partial charge in [-0.15, -0.1) is 0 Å². The topological polar surface area (TPSA) is 83.7 Å². The van der Waals surface area contributed by atoms with Crippen LogP contribution in [0.2, 0.25) is 5.02 Å². The minimum Gasteiger partial charge on any atom is -0.454 e. The van der Waals surface area contributed by atoms with Crippen LogP contribution >= 0.6 is 11.6 Å². The summed E-state index contributed by atoms with van der Waals surface area (Å²) in [6.45, 7) is 1.77. The van der Waals surface area contributed by atoms with Crippen LogP contribution in [0.15, 0.2) is 71.5 Å². The van der Waals surface area contributed by atoms with Gasteiger partial charge in [-0.05, 0) is 54.3 Å². The zero-order valence-electron chi connectivity index (χ0n) is 20.1. The van der Waals surface area contributed by atoms with E-state index < -0.39 is 0 Å². The molecule has 3 aromatic carbocycles. The number of piperidine rings is 1. The molecule has 2 N–H and O–H groups in total. The first-order valence-corrected chi connectivity index (χ1v) is 12.8. The van der Waals surface area contributed by atoms with Crippen molar-refractivity contribution in [3.8, 4) is 22.6 Å². The smallest absolute Gasteiger partial charge is 0.272 e. The van der Waals surface area contributed by atoms with Crippen LogP contribution in [-0.4, -0.2) is 30.8 Å². The molecule has 0 unspecified atom stereocenters. The molecule has 0 saturated carbocycles. The number of pyridine rings is 1. The maximum Gasteiger partial charge on any atom is 0.272 e. The summed E-state index contributed by atoms with van der Waals surface area (Å²) < 4.78 is 10.8. The monoisotopic (exact) mass is 515 g/mol. The van der Waals surface area contributed by atoms with E-state index in [1.807, 2.05) is 60.7 Å². The second-order valence-electron chi connectivity index (χ2n) is 9.42. The standard InChI is InChI=1S/C29H26ClN3O4/c30-21-9-10-23-22(14-21)26(19-5-2-1-3-6-19)27(29(35)32-23)33-12-4-7-20(16-33)28(34)31-15-18-8-11-24-25(13-18)37-17-36-24/h1-3,5-6,8-11,13-14,20H,4,7,12,15-17H2,(H,31,34)(H,32,35)/t20-/m0/s1. The number of fused-ring (bicyclic) bond motifs is 2. The van der Waals surface area contributed by atoms with Crippen molar-refractivity contribution in [1.82, 2.24) is 10.3 Å². The van der Waals surface area contributed by atoms with Crippen molar-refractivity contribution in [2.75, 3.05) is 24.8 Å². The predicted octanol–water partition coefficient (Wildman–Crippen LogP) is 5.11. The van der Waals surface area contributed by atoms with Crippen LogP contribution in [0.3, 0.4) is 0 Å². The highest BCUT2D eigenvalue weighted by atomic mass is 35.5. The van der Waals surface area contributed by atoms with E-state index in [-0.39, 0.29) is 24.2 Å². The normalized spacial score (nSPS) is 16.7. The molecule has 1 saturated heterocycles. The van der Waals surface area contributed by atoms with Crippen LogP contribution < -0.4 is 25.2 Å². The number of amides is 1. The van der Waals surface area contributed by atoms with Crippen molar-refractivity contribution >= 4 is 34.1 Å². The third kappa shape index (κ3) is 4.62. The summed E-state index contributed by atoms with van der Waals surface area (Å²) in [5.74, 6) is 1.15. The predicted molar refractivity (Wildman–Crippen MR) is 144 cm³/mol. The summed E-state index contributed by atoms with van der Waals surface area (Å²) in [7, 11) is 0. The van der Waals surface area contributed by atoms with Crippen molar-refractivity contribution in [2.24, 2.45) is 5.92 Å². The van der Waals surface area contributed by atoms with Gasteiger partial charge in [0.25, 0.3) is 5.56 Å². The molecule has 0 radical (unpaired) electrons. The molecule has 3 heterocycles. The number of halogens is 1. The molecule has 4 aromatic rings. The van der Waals surface area contributed by atoms with E-state index in [1.54, 1.807) is 6.07 Å². The van der Waals surface area contributed by atoms with Gasteiger partial charge in [0.2, 0.25) is 12.7 Å². The van der Waals surface area contributed by atoms with Gasteiger partial charge in [-0.1, -0.05) is 48.0 Å². The summed E-state index contributed by atoms with van der Waals surface area (Å²) in [5.41, 5.74) is 3.85. The summed E-state index contributed by atoms with van der Waals surface area (Å²) in [4.78, 5) is 31.7. The molecule has 1 aromatic heterocycles.